The highest BCUT2D eigenvalue weighted by molar-refractivity contribution is 5.95. The highest BCUT2D eigenvalue weighted by Gasteiger charge is 2.16. The van der Waals surface area contributed by atoms with Gasteiger partial charge < -0.3 is 14.8 Å². The average molecular weight is 329 g/mol. The molecule has 0 radical (unpaired) electrons. The number of benzene rings is 2. The fourth-order valence-electron chi connectivity index (χ4n) is 2.14. The Morgan fingerprint density at radius 2 is 1.83 bits per heavy atom. The van der Waals surface area contributed by atoms with Gasteiger partial charge in [-0.3, -0.25) is 9.59 Å². The molecule has 0 saturated carbocycles. The predicted molar refractivity (Wildman–Crippen MR) is 85.2 cm³/mol. The molecule has 0 spiro atoms. The summed E-state index contributed by atoms with van der Waals surface area (Å²) in [5.41, 5.74) is 0.645. The molecule has 24 heavy (non-hydrogen) atoms. The molecule has 0 bridgehead atoms. The Balaban J connectivity index is 2.01. The van der Waals surface area contributed by atoms with Gasteiger partial charge in [-0.05, 0) is 36.2 Å². The standard InChI is InChI=1S/C18H16FNO4/c1-12(22)24-15-8-6-13(7-9-15)10-14(11-21)20-18(23)16-4-2-3-5-17(16)19/h2-9,11,14H,10H2,1H3,(H,20,23). The second kappa shape index (κ2) is 8.01. The lowest BCUT2D eigenvalue weighted by molar-refractivity contribution is -0.131. The molecule has 0 heterocycles. The topological polar surface area (TPSA) is 72.5 Å². The van der Waals surface area contributed by atoms with Crippen LogP contribution in [0.4, 0.5) is 4.39 Å². The molecule has 0 aromatic heterocycles. The van der Waals surface area contributed by atoms with Crippen LogP contribution < -0.4 is 10.1 Å². The third-order valence-electron chi connectivity index (χ3n) is 3.24. The second-order valence-electron chi connectivity index (χ2n) is 5.14. The van der Waals surface area contributed by atoms with E-state index < -0.39 is 23.7 Å². The van der Waals surface area contributed by atoms with E-state index in [0.29, 0.717) is 12.0 Å². The van der Waals surface area contributed by atoms with Gasteiger partial charge in [-0.2, -0.15) is 0 Å². The molecule has 0 aliphatic rings. The first-order chi connectivity index (χ1) is 11.5. The summed E-state index contributed by atoms with van der Waals surface area (Å²) in [6.45, 7) is 1.30. The van der Waals surface area contributed by atoms with Crippen LogP contribution in [-0.2, 0) is 16.0 Å². The van der Waals surface area contributed by atoms with Gasteiger partial charge in [0.05, 0.1) is 11.6 Å². The molecule has 2 aromatic carbocycles. The quantitative estimate of drug-likeness (QED) is 0.501. The minimum atomic E-state index is -0.795. The summed E-state index contributed by atoms with van der Waals surface area (Å²) in [6, 6.07) is 11.3. The molecule has 0 aliphatic heterocycles. The van der Waals surface area contributed by atoms with E-state index in [4.69, 9.17) is 4.74 Å². The third-order valence-corrected chi connectivity index (χ3v) is 3.24. The number of esters is 1. The van der Waals surface area contributed by atoms with E-state index >= 15 is 0 Å². The maximum atomic E-state index is 13.6. The Morgan fingerprint density at radius 3 is 2.42 bits per heavy atom. The summed E-state index contributed by atoms with van der Waals surface area (Å²) in [4.78, 5) is 34.1. The fourth-order valence-corrected chi connectivity index (χ4v) is 2.14. The summed E-state index contributed by atoms with van der Waals surface area (Å²) < 4.78 is 18.5. The summed E-state index contributed by atoms with van der Waals surface area (Å²) in [6.07, 6.45) is 0.836. The molecule has 0 saturated heterocycles. The number of aldehydes is 1. The minimum Gasteiger partial charge on any atom is -0.427 e. The molecule has 5 nitrogen and oxygen atoms in total. The van der Waals surface area contributed by atoms with Crippen LogP contribution in [0.1, 0.15) is 22.8 Å². The first-order valence-corrected chi connectivity index (χ1v) is 7.27. The van der Waals surface area contributed by atoms with Crippen molar-refractivity contribution < 1.29 is 23.5 Å². The number of rotatable bonds is 6. The number of ether oxygens (including phenoxy) is 1. The molecular weight excluding hydrogens is 313 g/mol. The van der Waals surface area contributed by atoms with Crippen LogP contribution in [-0.4, -0.2) is 24.2 Å². The fraction of sp³-hybridized carbons (Fsp3) is 0.167. The van der Waals surface area contributed by atoms with E-state index in [2.05, 4.69) is 5.32 Å². The summed E-state index contributed by atoms with van der Waals surface area (Å²) in [7, 11) is 0. The maximum absolute atomic E-state index is 13.6. The highest BCUT2D eigenvalue weighted by Crippen LogP contribution is 2.14. The van der Waals surface area contributed by atoms with Gasteiger partial charge >= 0.3 is 5.97 Å². The zero-order chi connectivity index (χ0) is 17.5. The van der Waals surface area contributed by atoms with Gasteiger partial charge in [0.1, 0.15) is 17.9 Å². The van der Waals surface area contributed by atoms with E-state index in [0.717, 1.165) is 5.56 Å². The lowest BCUT2D eigenvalue weighted by atomic mass is 10.1. The van der Waals surface area contributed by atoms with Crippen molar-refractivity contribution in [2.45, 2.75) is 19.4 Å². The van der Waals surface area contributed by atoms with Crippen molar-refractivity contribution in [3.05, 3.63) is 65.5 Å². The second-order valence-corrected chi connectivity index (χ2v) is 5.14. The molecule has 1 unspecified atom stereocenters. The van der Waals surface area contributed by atoms with Gasteiger partial charge in [-0.15, -0.1) is 0 Å². The van der Waals surface area contributed by atoms with Crippen molar-refractivity contribution in [3.8, 4) is 5.75 Å². The number of carbonyl (C=O) groups excluding carboxylic acids is 3. The van der Waals surface area contributed by atoms with Gasteiger partial charge in [0, 0.05) is 6.92 Å². The zero-order valence-electron chi connectivity index (χ0n) is 13.0. The molecule has 0 fully saturated rings. The highest BCUT2D eigenvalue weighted by atomic mass is 19.1. The summed E-state index contributed by atoms with van der Waals surface area (Å²) >= 11 is 0. The molecule has 1 N–H and O–H groups in total. The van der Waals surface area contributed by atoms with Gasteiger partial charge in [0.15, 0.2) is 0 Å². The maximum Gasteiger partial charge on any atom is 0.308 e. The molecule has 0 aliphatic carbocycles. The van der Waals surface area contributed by atoms with E-state index in [-0.39, 0.29) is 12.0 Å². The molecule has 6 heteroatoms. The van der Waals surface area contributed by atoms with Crippen molar-refractivity contribution in [1.29, 1.82) is 0 Å². The minimum absolute atomic E-state index is 0.116. The van der Waals surface area contributed by atoms with Crippen molar-refractivity contribution in [1.82, 2.24) is 5.32 Å². The molecule has 124 valence electrons. The molecule has 2 aromatic rings. The lowest BCUT2D eigenvalue weighted by Gasteiger charge is -2.13. The number of halogens is 1. The average Bonchev–Trinajstić information content (AvgIpc) is 2.55. The van der Waals surface area contributed by atoms with Gasteiger partial charge in [-0.1, -0.05) is 24.3 Å². The van der Waals surface area contributed by atoms with E-state index in [1.54, 1.807) is 30.3 Å². The smallest absolute Gasteiger partial charge is 0.308 e. The van der Waals surface area contributed by atoms with Crippen LogP contribution in [0.2, 0.25) is 0 Å². The first-order valence-electron chi connectivity index (χ1n) is 7.27. The largest absolute Gasteiger partial charge is 0.427 e. The summed E-state index contributed by atoms with van der Waals surface area (Å²) in [5, 5.41) is 2.49. The van der Waals surface area contributed by atoms with Crippen LogP contribution in [0.5, 0.6) is 5.75 Å². The van der Waals surface area contributed by atoms with E-state index in [1.807, 2.05) is 0 Å². The Bertz CT molecular complexity index is 743. The van der Waals surface area contributed by atoms with E-state index in [1.165, 1.54) is 25.1 Å². The van der Waals surface area contributed by atoms with Crippen molar-refractivity contribution in [2.75, 3.05) is 0 Å². The van der Waals surface area contributed by atoms with Gasteiger partial charge in [0.2, 0.25) is 0 Å². The number of hydrogen-bond donors (Lipinski definition) is 1. The number of hydrogen-bond acceptors (Lipinski definition) is 4. The first kappa shape index (κ1) is 17.3. The third kappa shape index (κ3) is 4.74. The van der Waals surface area contributed by atoms with Crippen molar-refractivity contribution in [3.63, 3.8) is 0 Å². The van der Waals surface area contributed by atoms with Crippen molar-refractivity contribution >= 4 is 18.2 Å². The van der Waals surface area contributed by atoms with Crippen molar-refractivity contribution in [2.24, 2.45) is 0 Å². The molecule has 1 amide bonds. The Labute approximate surface area is 138 Å². The predicted octanol–water partition coefficient (Wildman–Crippen LogP) is 2.29. The van der Waals surface area contributed by atoms with Crippen LogP contribution in [0.3, 0.4) is 0 Å². The number of nitrogens with one attached hydrogen (secondary N) is 1. The lowest BCUT2D eigenvalue weighted by Crippen LogP contribution is -2.38. The van der Waals surface area contributed by atoms with Crippen LogP contribution in [0, 0.1) is 5.82 Å². The number of amides is 1. The monoisotopic (exact) mass is 329 g/mol. The molecule has 1 atom stereocenters. The van der Waals surface area contributed by atoms with Crippen LogP contribution in [0.25, 0.3) is 0 Å². The Morgan fingerprint density at radius 1 is 1.17 bits per heavy atom. The molecular formula is C18H16FNO4. The SMILES string of the molecule is CC(=O)Oc1ccc(CC(C=O)NC(=O)c2ccccc2F)cc1. The van der Waals surface area contributed by atoms with Crippen LogP contribution in [0.15, 0.2) is 48.5 Å². The Hall–Kier alpha value is -3.02. The van der Waals surface area contributed by atoms with E-state index in [9.17, 15) is 18.8 Å². The van der Waals surface area contributed by atoms with Gasteiger partial charge in [-0.25, -0.2) is 4.39 Å². The van der Waals surface area contributed by atoms with Gasteiger partial charge in [0.25, 0.3) is 5.91 Å². The Kier molecular flexibility index (Phi) is 5.78. The summed E-state index contributed by atoms with van der Waals surface area (Å²) in [5.74, 6) is -1.33. The normalized spacial score (nSPS) is 11.4. The van der Waals surface area contributed by atoms with Crippen LogP contribution >= 0.6 is 0 Å². The number of carbonyl (C=O) groups is 3. The zero-order valence-corrected chi connectivity index (χ0v) is 13.0. The molecule has 2 rings (SSSR count).